The van der Waals surface area contributed by atoms with Gasteiger partial charge in [0.25, 0.3) is 0 Å². The van der Waals surface area contributed by atoms with E-state index >= 15 is 0 Å². The van der Waals surface area contributed by atoms with E-state index in [1.807, 2.05) is 13.8 Å². The van der Waals surface area contributed by atoms with Crippen LogP contribution in [0.15, 0.2) is 0 Å². The second-order valence-corrected chi connectivity index (χ2v) is 11.6. The number of carbonyl (C=O) groups excluding carboxylic acids is 1. The Balaban J connectivity index is 2.02. The van der Waals surface area contributed by atoms with Crippen molar-refractivity contribution in [2.45, 2.75) is 45.1 Å². The topological polar surface area (TPSA) is 71.5 Å². The van der Waals surface area contributed by atoms with E-state index in [-0.39, 0.29) is 18.7 Å². The number of aliphatic hydroxyl groups is 1. The zero-order chi connectivity index (χ0) is 16.0. The quantitative estimate of drug-likeness (QED) is 0.566. The van der Waals surface area contributed by atoms with Crippen molar-refractivity contribution < 1.29 is 23.7 Å². The van der Waals surface area contributed by atoms with Crippen LogP contribution in [0.2, 0.25) is 0 Å². The average molecular weight is 332 g/mol. The molecule has 1 N–H and O–H groups in total. The first-order valence-corrected chi connectivity index (χ1v) is 9.94. The number of esters is 1. The van der Waals surface area contributed by atoms with Gasteiger partial charge in [0, 0.05) is 0 Å². The van der Waals surface area contributed by atoms with E-state index in [4.69, 9.17) is 13.8 Å². The Hall–Kier alpha value is -0.300. The minimum atomic E-state index is -3.89. The first kappa shape index (κ1) is 15.2. The van der Waals surface area contributed by atoms with Crippen molar-refractivity contribution in [3.05, 3.63) is 0 Å². The molecule has 22 heavy (non-hydrogen) atoms. The van der Waals surface area contributed by atoms with Crippen LogP contribution in [0.25, 0.3) is 0 Å². The molecule has 4 rings (SSSR count). The van der Waals surface area contributed by atoms with Crippen LogP contribution < -0.4 is 0 Å². The van der Waals surface area contributed by atoms with E-state index in [2.05, 4.69) is 23.2 Å². The third-order valence-corrected chi connectivity index (χ3v) is 12.1. The van der Waals surface area contributed by atoms with Gasteiger partial charge in [-0.15, -0.1) is 0 Å². The fourth-order valence-corrected chi connectivity index (χ4v) is 11.7. The Morgan fingerprint density at radius 1 is 1.14 bits per heavy atom. The average Bonchev–Trinajstić information content (AvgIpc) is 3.10. The second kappa shape index (κ2) is 4.02. The van der Waals surface area contributed by atoms with Gasteiger partial charge in [-0.25, -0.2) is 0 Å². The summed E-state index contributed by atoms with van der Waals surface area (Å²) in [6.45, 7) is 10.4. The molecule has 3 atom stereocenters. The zero-order valence-electron chi connectivity index (χ0n) is 13.6. The number of ether oxygens (including phenoxy) is 1. The summed E-state index contributed by atoms with van der Waals surface area (Å²) < 4.78 is 22.3. The van der Waals surface area contributed by atoms with Gasteiger partial charge in [0.15, 0.2) is 0 Å². The molecule has 0 aliphatic carbocycles. The van der Waals surface area contributed by atoms with Crippen LogP contribution in [0.1, 0.15) is 27.7 Å². The maximum absolute atomic E-state index is 12.7. The molecule has 8 heteroatoms. The Kier molecular flexibility index (Phi) is 2.79. The molecule has 4 aliphatic rings. The van der Waals surface area contributed by atoms with Gasteiger partial charge in [-0.2, -0.15) is 0 Å². The number of hydrogen-bond donors (Lipinski definition) is 1. The van der Waals surface area contributed by atoms with Gasteiger partial charge in [-0.3, -0.25) is 0 Å². The summed E-state index contributed by atoms with van der Waals surface area (Å²) in [6.07, 6.45) is 0. The molecule has 0 aromatic heterocycles. The molecule has 7 nitrogen and oxygen atoms in total. The predicted molar refractivity (Wildman–Crippen MR) is 80.8 cm³/mol. The Labute approximate surface area is 130 Å². The maximum atomic E-state index is 12.7. The molecule has 0 amide bonds. The Bertz CT molecular complexity index is 529. The normalized spacial score (nSPS) is 47.7. The molecule has 0 aromatic rings. The van der Waals surface area contributed by atoms with E-state index < -0.39 is 24.1 Å². The number of carbonyl (C=O) groups is 1. The van der Waals surface area contributed by atoms with Gasteiger partial charge in [0.2, 0.25) is 0 Å². The van der Waals surface area contributed by atoms with Crippen molar-refractivity contribution in [2.75, 3.05) is 32.9 Å². The van der Waals surface area contributed by atoms with Crippen LogP contribution in [0.4, 0.5) is 0 Å². The van der Waals surface area contributed by atoms with Gasteiger partial charge in [-0.05, 0) is 0 Å². The number of rotatable bonds is 1. The molecule has 0 saturated carbocycles. The summed E-state index contributed by atoms with van der Waals surface area (Å²) in [4.78, 5) is 12.7. The van der Waals surface area contributed by atoms with E-state index in [1.54, 1.807) is 0 Å². The first-order valence-electron chi connectivity index (χ1n) is 7.96. The van der Waals surface area contributed by atoms with Gasteiger partial charge in [-0.1, -0.05) is 0 Å². The van der Waals surface area contributed by atoms with Crippen molar-refractivity contribution in [3.63, 3.8) is 0 Å². The number of hydrogen-bond acceptors (Lipinski definition) is 7. The molecule has 0 unspecified atom stereocenters. The Morgan fingerprint density at radius 2 is 1.64 bits per heavy atom. The zero-order valence-corrected chi connectivity index (χ0v) is 14.5. The summed E-state index contributed by atoms with van der Waals surface area (Å²) in [7, 11) is -3.89. The molecule has 126 valence electrons. The van der Waals surface area contributed by atoms with Crippen molar-refractivity contribution in [3.8, 4) is 0 Å². The van der Waals surface area contributed by atoms with Crippen LogP contribution in [0.3, 0.4) is 0 Å². The summed E-state index contributed by atoms with van der Waals surface area (Å²) >= 11 is 0. The third-order valence-electron chi connectivity index (χ3n) is 5.92. The molecule has 1 spiro atoms. The van der Waals surface area contributed by atoms with Crippen LogP contribution in [-0.2, 0) is 18.6 Å². The summed E-state index contributed by atoms with van der Waals surface area (Å²) in [5, 5.41) is 10.0. The summed E-state index contributed by atoms with van der Waals surface area (Å²) in [5.74, 6) is -0.602. The minimum absolute atomic E-state index is 0.112. The molecule has 0 aromatic carbocycles. The monoisotopic (exact) mass is 332 g/mol. The summed E-state index contributed by atoms with van der Waals surface area (Å²) in [6, 6.07) is 0.224. The molecule has 4 saturated heterocycles. The standard InChI is InChI=1S/C14H25N2O5P/c1-10-7-20-22(14(18)12(17)19-9-13(14,3)4)15(10)5-6-16(22)11(2)8-21-22/h10-11,18H,5-9H2,1-4H3/t10-,11-,14+/m0/s1. The van der Waals surface area contributed by atoms with E-state index in [9.17, 15) is 9.90 Å². The van der Waals surface area contributed by atoms with Crippen LogP contribution in [0, 0.1) is 5.41 Å². The fraction of sp³-hybridized carbons (Fsp3) is 0.929. The predicted octanol–water partition coefficient (Wildman–Crippen LogP) is 0.926. The summed E-state index contributed by atoms with van der Waals surface area (Å²) in [5.41, 5.74) is -0.767. The van der Waals surface area contributed by atoms with Crippen molar-refractivity contribution in [1.82, 2.24) is 9.34 Å². The molecule has 4 aliphatic heterocycles. The van der Waals surface area contributed by atoms with Crippen molar-refractivity contribution in [2.24, 2.45) is 5.41 Å². The van der Waals surface area contributed by atoms with Crippen molar-refractivity contribution in [1.29, 1.82) is 0 Å². The number of cyclic esters (lactones) is 1. The van der Waals surface area contributed by atoms with Gasteiger partial charge < -0.3 is 0 Å². The van der Waals surface area contributed by atoms with Gasteiger partial charge in [0.1, 0.15) is 0 Å². The fourth-order valence-electron chi connectivity index (χ4n) is 4.79. The van der Waals surface area contributed by atoms with Crippen LogP contribution in [-0.4, -0.2) is 70.8 Å². The molecule has 0 radical (unpaired) electrons. The molecule has 4 heterocycles. The number of nitrogens with zero attached hydrogens (tertiary/aromatic N) is 2. The van der Waals surface area contributed by atoms with Gasteiger partial charge >= 0.3 is 130 Å². The third kappa shape index (κ3) is 1.20. The Morgan fingerprint density at radius 3 is 2.05 bits per heavy atom. The first-order chi connectivity index (χ1) is 10.2. The molecular formula is C14H25N2O5P. The van der Waals surface area contributed by atoms with E-state index in [1.165, 1.54) is 0 Å². The van der Waals surface area contributed by atoms with Crippen molar-refractivity contribution >= 4 is 13.3 Å². The van der Waals surface area contributed by atoms with Gasteiger partial charge in [0.05, 0.1) is 0 Å². The second-order valence-electron chi connectivity index (χ2n) is 7.62. The SMILES string of the molecule is C[C@H]1COP23([C@]4(O)C(=O)OCC4(C)C)OC[C@H](C)N2CCN13. The molecule has 0 bridgehead atoms. The van der Waals surface area contributed by atoms with Crippen LogP contribution in [0.5, 0.6) is 0 Å². The van der Waals surface area contributed by atoms with E-state index in [0.29, 0.717) is 13.2 Å². The van der Waals surface area contributed by atoms with E-state index in [0.717, 1.165) is 13.1 Å². The molecular weight excluding hydrogens is 307 g/mol. The van der Waals surface area contributed by atoms with Crippen LogP contribution >= 0.6 is 7.36 Å². The molecule has 4 fully saturated rings.